The minimum atomic E-state index is -4.47. The van der Waals surface area contributed by atoms with Gasteiger partial charge in [0.25, 0.3) is 0 Å². The summed E-state index contributed by atoms with van der Waals surface area (Å²) in [5.41, 5.74) is -0.845. The summed E-state index contributed by atoms with van der Waals surface area (Å²) in [7, 11) is 0. The minimum Gasteiger partial charge on any atom is -0.479 e. The van der Waals surface area contributed by atoms with Gasteiger partial charge < -0.3 is 14.2 Å². The third kappa shape index (κ3) is 6.47. The number of halogens is 3. The van der Waals surface area contributed by atoms with Crippen molar-refractivity contribution in [2.75, 3.05) is 6.61 Å². The summed E-state index contributed by atoms with van der Waals surface area (Å²) in [6, 6.07) is 7.78. The number of esters is 1. The fraction of sp³-hybridized carbons (Fsp3) is 0.368. The number of rotatable bonds is 8. The van der Waals surface area contributed by atoms with Crippen molar-refractivity contribution in [3.8, 4) is 17.4 Å². The standard InChI is InChI=1S/C19H20F3NO4/c1-3-4-11-25-18(24)13(2)26-15-5-7-16(8-6-15)27-17-12-14(9-10-23-17)19(20,21)22/h5-10,12-13H,3-4,11H2,1-2H3. The molecule has 2 rings (SSSR count). The number of unbranched alkanes of at least 4 members (excludes halogenated alkanes) is 1. The fourth-order valence-corrected chi connectivity index (χ4v) is 2.04. The number of nitrogens with zero attached hydrogens (tertiary/aromatic N) is 1. The number of hydrogen-bond donors (Lipinski definition) is 0. The third-order valence-corrected chi connectivity index (χ3v) is 3.50. The molecule has 1 atom stereocenters. The van der Waals surface area contributed by atoms with Crippen LogP contribution in [0.2, 0.25) is 0 Å². The van der Waals surface area contributed by atoms with Crippen LogP contribution in [-0.4, -0.2) is 23.7 Å². The van der Waals surface area contributed by atoms with Crippen LogP contribution in [0, 0.1) is 0 Å². The smallest absolute Gasteiger partial charge is 0.416 e. The Morgan fingerprint density at radius 2 is 1.81 bits per heavy atom. The third-order valence-electron chi connectivity index (χ3n) is 3.50. The molecule has 0 amide bonds. The van der Waals surface area contributed by atoms with Gasteiger partial charge in [0.15, 0.2) is 6.10 Å². The molecule has 0 saturated carbocycles. The number of carbonyl (C=O) groups is 1. The summed E-state index contributed by atoms with van der Waals surface area (Å²) in [5.74, 6) is 0.0509. The number of carbonyl (C=O) groups excluding carboxylic acids is 1. The first-order chi connectivity index (χ1) is 12.8. The molecule has 1 aromatic heterocycles. The van der Waals surface area contributed by atoms with E-state index in [0.717, 1.165) is 31.2 Å². The van der Waals surface area contributed by atoms with Crippen LogP contribution in [-0.2, 0) is 15.7 Å². The van der Waals surface area contributed by atoms with Gasteiger partial charge in [-0.2, -0.15) is 13.2 Å². The first-order valence-electron chi connectivity index (χ1n) is 8.44. The highest BCUT2D eigenvalue weighted by Gasteiger charge is 2.31. The van der Waals surface area contributed by atoms with Crippen molar-refractivity contribution < 1.29 is 32.2 Å². The summed E-state index contributed by atoms with van der Waals surface area (Å²) in [4.78, 5) is 15.5. The lowest BCUT2D eigenvalue weighted by molar-refractivity contribution is -0.151. The Morgan fingerprint density at radius 3 is 2.44 bits per heavy atom. The summed E-state index contributed by atoms with van der Waals surface area (Å²) >= 11 is 0. The number of aromatic nitrogens is 1. The first-order valence-corrected chi connectivity index (χ1v) is 8.44. The van der Waals surface area contributed by atoms with Gasteiger partial charge in [-0.15, -0.1) is 0 Å². The highest BCUT2D eigenvalue weighted by molar-refractivity contribution is 5.74. The van der Waals surface area contributed by atoms with E-state index < -0.39 is 23.8 Å². The molecule has 0 fully saturated rings. The maximum Gasteiger partial charge on any atom is 0.416 e. The molecule has 0 aliphatic rings. The lowest BCUT2D eigenvalue weighted by atomic mass is 10.2. The number of pyridine rings is 1. The molecule has 0 spiro atoms. The number of hydrogen-bond acceptors (Lipinski definition) is 5. The van der Waals surface area contributed by atoms with Gasteiger partial charge in [0.05, 0.1) is 12.2 Å². The molecule has 0 bridgehead atoms. The quantitative estimate of drug-likeness (QED) is 0.474. The Kier molecular flexibility index (Phi) is 7.04. The minimum absolute atomic E-state index is 0.175. The van der Waals surface area contributed by atoms with Crippen molar-refractivity contribution in [3.63, 3.8) is 0 Å². The molecule has 1 aromatic carbocycles. The van der Waals surface area contributed by atoms with E-state index in [1.54, 1.807) is 19.1 Å². The van der Waals surface area contributed by atoms with Crippen LogP contribution in [0.5, 0.6) is 17.4 Å². The van der Waals surface area contributed by atoms with Crippen LogP contribution in [0.3, 0.4) is 0 Å². The van der Waals surface area contributed by atoms with Crippen molar-refractivity contribution >= 4 is 5.97 Å². The topological polar surface area (TPSA) is 57.7 Å². The molecule has 0 aliphatic heterocycles. The Bertz CT molecular complexity index is 747. The van der Waals surface area contributed by atoms with E-state index in [0.29, 0.717) is 12.4 Å². The van der Waals surface area contributed by atoms with E-state index >= 15 is 0 Å². The highest BCUT2D eigenvalue weighted by atomic mass is 19.4. The Hall–Kier alpha value is -2.77. The molecule has 8 heteroatoms. The summed E-state index contributed by atoms with van der Waals surface area (Å²) in [5, 5.41) is 0. The van der Waals surface area contributed by atoms with Crippen molar-refractivity contribution in [1.82, 2.24) is 4.98 Å². The summed E-state index contributed by atoms with van der Waals surface area (Å²) in [6.07, 6.45) is -2.51. The van der Waals surface area contributed by atoms with Crippen LogP contribution in [0.25, 0.3) is 0 Å². The normalized spacial score (nSPS) is 12.3. The van der Waals surface area contributed by atoms with Crippen LogP contribution in [0.15, 0.2) is 42.6 Å². The van der Waals surface area contributed by atoms with E-state index in [1.165, 1.54) is 12.1 Å². The number of alkyl halides is 3. The van der Waals surface area contributed by atoms with Gasteiger partial charge in [-0.05, 0) is 43.7 Å². The van der Waals surface area contributed by atoms with E-state index in [1.807, 2.05) is 6.92 Å². The van der Waals surface area contributed by atoms with Crippen molar-refractivity contribution in [2.24, 2.45) is 0 Å². The molecular formula is C19H20F3NO4. The first kappa shape index (κ1) is 20.5. The van der Waals surface area contributed by atoms with Gasteiger partial charge in [0.2, 0.25) is 5.88 Å². The second kappa shape index (κ2) is 9.25. The van der Waals surface area contributed by atoms with Gasteiger partial charge in [-0.3, -0.25) is 0 Å². The zero-order chi connectivity index (χ0) is 19.9. The number of benzene rings is 1. The molecule has 2 aromatic rings. The largest absolute Gasteiger partial charge is 0.479 e. The van der Waals surface area contributed by atoms with E-state index in [9.17, 15) is 18.0 Å². The van der Waals surface area contributed by atoms with Gasteiger partial charge in [-0.1, -0.05) is 13.3 Å². The summed E-state index contributed by atoms with van der Waals surface area (Å²) in [6.45, 7) is 3.91. The zero-order valence-corrected chi connectivity index (χ0v) is 15.0. The molecular weight excluding hydrogens is 363 g/mol. The molecule has 0 aliphatic carbocycles. The van der Waals surface area contributed by atoms with Crippen molar-refractivity contribution in [3.05, 3.63) is 48.2 Å². The molecule has 0 radical (unpaired) electrons. The van der Waals surface area contributed by atoms with Gasteiger partial charge in [0, 0.05) is 12.3 Å². The van der Waals surface area contributed by atoms with E-state index in [4.69, 9.17) is 14.2 Å². The Balaban J connectivity index is 1.94. The average molecular weight is 383 g/mol. The Morgan fingerprint density at radius 1 is 1.15 bits per heavy atom. The van der Waals surface area contributed by atoms with Crippen LogP contribution in [0.1, 0.15) is 32.3 Å². The lowest BCUT2D eigenvalue weighted by Gasteiger charge is -2.14. The van der Waals surface area contributed by atoms with Gasteiger partial charge in [-0.25, -0.2) is 9.78 Å². The molecule has 1 unspecified atom stereocenters. The van der Waals surface area contributed by atoms with Gasteiger partial charge >= 0.3 is 12.1 Å². The van der Waals surface area contributed by atoms with Gasteiger partial charge in [0.1, 0.15) is 11.5 Å². The zero-order valence-electron chi connectivity index (χ0n) is 15.0. The molecule has 5 nitrogen and oxygen atoms in total. The molecule has 27 heavy (non-hydrogen) atoms. The maximum atomic E-state index is 12.7. The second-order valence-electron chi connectivity index (χ2n) is 5.74. The predicted molar refractivity (Wildman–Crippen MR) is 91.7 cm³/mol. The van der Waals surface area contributed by atoms with E-state index in [2.05, 4.69) is 4.98 Å². The molecule has 1 heterocycles. The Labute approximate surface area is 155 Å². The summed E-state index contributed by atoms with van der Waals surface area (Å²) < 4.78 is 54.0. The SMILES string of the molecule is CCCCOC(=O)C(C)Oc1ccc(Oc2cc(C(F)(F)F)ccn2)cc1. The van der Waals surface area contributed by atoms with E-state index in [-0.39, 0.29) is 11.6 Å². The highest BCUT2D eigenvalue weighted by Crippen LogP contribution is 2.31. The van der Waals surface area contributed by atoms with Crippen LogP contribution >= 0.6 is 0 Å². The van der Waals surface area contributed by atoms with Crippen LogP contribution in [0.4, 0.5) is 13.2 Å². The molecule has 0 N–H and O–H groups in total. The maximum absolute atomic E-state index is 12.7. The lowest BCUT2D eigenvalue weighted by Crippen LogP contribution is -2.26. The van der Waals surface area contributed by atoms with Crippen molar-refractivity contribution in [1.29, 1.82) is 0 Å². The predicted octanol–water partition coefficient (Wildman–Crippen LogP) is 5.00. The monoisotopic (exact) mass is 383 g/mol. The fourth-order valence-electron chi connectivity index (χ4n) is 2.04. The van der Waals surface area contributed by atoms with Crippen LogP contribution < -0.4 is 9.47 Å². The molecule has 146 valence electrons. The van der Waals surface area contributed by atoms with Crippen molar-refractivity contribution in [2.45, 2.75) is 39.0 Å². The molecule has 0 saturated heterocycles. The second-order valence-corrected chi connectivity index (χ2v) is 5.74. The number of ether oxygens (including phenoxy) is 3. The average Bonchev–Trinajstić information content (AvgIpc) is 2.63.